The highest BCUT2D eigenvalue weighted by Crippen LogP contribution is 2.10. The number of aliphatic imine (C=N–C) groups is 1. The number of carbonyl (C=O) groups excluding carboxylic acids is 1. The van der Waals surface area contributed by atoms with Gasteiger partial charge in [-0.15, -0.1) is 24.0 Å². The Labute approximate surface area is 147 Å². The van der Waals surface area contributed by atoms with Crippen LogP contribution in [-0.4, -0.2) is 36.4 Å². The zero-order valence-electron chi connectivity index (χ0n) is 12.4. The van der Waals surface area contributed by atoms with Gasteiger partial charge >= 0.3 is 0 Å². The lowest BCUT2D eigenvalue weighted by Gasteiger charge is -2.20. The minimum absolute atomic E-state index is 0. The van der Waals surface area contributed by atoms with Gasteiger partial charge in [0.25, 0.3) is 0 Å². The second-order valence-electron chi connectivity index (χ2n) is 5.13. The number of halogens is 2. The molecule has 5 nitrogen and oxygen atoms in total. The van der Waals surface area contributed by atoms with Crippen molar-refractivity contribution in [3.8, 4) is 0 Å². The molecule has 0 aromatic heterocycles. The zero-order chi connectivity index (χ0) is 15.1. The molecule has 0 bridgehead atoms. The number of amides is 1. The lowest BCUT2D eigenvalue weighted by Crippen LogP contribution is -2.38. The Morgan fingerprint density at radius 2 is 1.77 bits per heavy atom. The lowest BCUT2D eigenvalue weighted by molar-refractivity contribution is -0.114. The monoisotopic (exact) mass is 420 g/mol. The Balaban J connectivity index is 0.00000242. The minimum atomic E-state index is -0.337. The number of guanidine groups is 1. The Bertz CT molecular complexity index is 499. The largest absolute Gasteiger partial charge is 0.370 e. The molecule has 1 aromatic rings. The van der Waals surface area contributed by atoms with Crippen LogP contribution in [0.25, 0.3) is 0 Å². The van der Waals surface area contributed by atoms with Crippen LogP contribution in [0.2, 0.25) is 0 Å². The molecule has 1 heterocycles. The van der Waals surface area contributed by atoms with Crippen molar-refractivity contribution in [2.45, 2.75) is 25.7 Å². The van der Waals surface area contributed by atoms with E-state index in [4.69, 9.17) is 5.73 Å². The average Bonchev–Trinajstić information content (AvgIpc) is 2.76. The molecule has 3 N–H and O–H groups in total. The molecule has 122 valence electrons. The summed E-state index contributed by atoms with van der Waals surface area (Å²) in [5.74, 6) is -0.179. The molecular weight excluding hydrogens is 398 g/mol. The first kappa shape index (κ1) is 18.7. The zero-order valence-corrected chi connectivity index (χ0v) is 14.8. The third-order valence-electron chi connectivity index (χ3n) is 3.44. The summed E-state index contributed by atoms with van der Waals surface area (Å²) in [7, 11) is 0. The van der Waals surface area contributed by atoms with E-state index in [1.54, 1.807) is 0 Å². The Morgan fingerprint density at radius 3 is 2.36 bits per heavy atom. The lowest BCUT2D eigenvalue weighted by atomic mass is 10.2. The maximum atomic E-state index is 12.8. The summed E-state index contributed by atoms with van der Waals surface area (Å²) in [6.07, 6.45) is 4.65. The fraction of sp³-hybridized carbons (Fsp3) is 0.467. The van der Waals surface area contributed by atoms with Crippen LogP contribution in [-0.2, 0) is 4.79 Å². The van der Waals surface area contributed by atoms with Crippen molar-refractivity contribution in [2.24, 2.45) is 10.7 Å². The van der Waals surface area contributed by atoms with Crippen LogP contribution in [0.1, 0.15) is 25.7 Å². The van der Waals surface area contributed by atoms with Gasteiger partial charge in [-0.2, -0.15) is 0 Å². The summed E-state index contributed by atoms with van der Waals surface area (Å²) in [4.78, 5) is 17.9. The molecule has 0 saturated carbocycles. The fourth-order valence-electron chi connectivity index (χ4n) is 2.29. The quantitative estimate of drug-likeness (QED) is 0.449. The van der Waals surface area contributed by atoms with Crippen molar-refractivity contribution in [2.75, 3.05) is 25.0 Å². The maximum Gasteiger partial charge on any atom is 0.246 e. The van der Waals surface area contributed by atoms with Gasteiger partial charge in [-0.1, -0.05) is 12.8 Å². The molecule has 7 heteroatoms. The van der Waals surface area contributed by atoms with E-state index in [2.05, 4.69) is 10.3 Å². The second kappa shape index (κ2) is 9.60. The fourth-order valence-corrected chi connectivity index (χ4v) is 2.29. The molecule has 0 atom stereocenters. The number of hydrogen-bond acceptors (Lipinski definition) is 2. The number of hydrogen-bond donors (Lipinski definition) is 2. The van der Waals surface area contributed by atoms with E-state index < -0.39 is 0 Å². The van der Waals surface area contributed by atoms with E-state index in [1.165, 1.54) is 37.1 Å². The summed E-state index contributed by atoms with van der Waals surface area (Å²) < 4.78 is 12.8. The van der Waals surface area contributed by atoms with Gasteiger partial charge in [0.15, 0.2) is 5.96 Å². The number of rotatable bonds is 3. The van der Waals surface area contributed by atoms with E-state index in [-0.39, 0.29) is 42.2 Å². The smallest absolute Gasteiger partial charge is 0.246 e. The highest BCUT2D eigenvalue weighted by atomic mass is 127. The topological polar surface area (TPSA) is 70.7 Å². The molecule has 1 aliphatic rings. The summed E-state index contributed by atoms with van der Waals surface area (Å²) in [5.41, 5.74) is 6.47. The molecule has 0 unspecified atom stereocenters. The van der Waals surface area contributed by atoms with Gasteiger partial charge in [0.2, 0.25) is 5.91 Å². The summed E-state index contributed by atoms with van der Waals surface area (Å²) >= 11 is 0. The SMILES string of the molecule is I.NC(=NCC(=O)Nc1ccc(F)cc1)N1CCCCCC1. The summed E-state index contributed by atoms with van der Waals surface area (Å²) in [5, 5.41) is 2.65. The Morgan fingerprint density at radius 1 is 1.18 bits per heavy atom. The molecule has 1 fully saturated rings. The normalized spacial score (nSPS) is 15.7. The van der Waals surface area contributed by atoms with Crippen molar-refractivity contribution in [3.05, 3.63) is 30.1 Å². The number of likely N-dealkylation sites (tertiary alicyclic amines) is 1. The van der Waals surface area contributed by atoms with Crippen molar-refractivity contribution in [1.29, 1.82) is 0 Å². The van der Waals surface area contributed by atoms with Crippen LogP contribution in [0.15, 0.2) is 29.3 Å². The van der Waals surface area contributed by atoms with Crippen molar-refractivity contribution in [1.82, 2.24) is 4.90 Å². The molecule has 1 saturated heterocycles. The number of nitrogens with one attached hydrogen (secondary N) is 1. The predicted molar refractivity (Wildman–Crippen MR) is 97.0 cm³/mol. The third-order valence-corrected chi connectivity index (χ3v) is 3.44. The molecular formula is C15H22FIN4O. The van der Waals surface area contributed by atoms with Gasteiger partial charge in [0.1, 0.15) is 12.4 Å². The third kappa shape index (κ3) is 6.17. The highest BCUT2D eigenvalue weighted by molar-refractivity contribution is 14.0. The second-order valence-corrected chi connectivity index (χ2v) is 5.13. The molecule has 1 amide bonds. The van der Waals surface area contributed by atoms with E-state index in [9.17, 15) is 9.18 Å². The Kier molecular flexibility index (Phi) is 8.15. The molecule has 1 aromatic carbocycles. The molecule has 0 spiro atoms. The maximum absolute atomic E-state index is 12.8. The predicted octanol–water partition coefficient (Wildman–Crippen LogP) is 2.57. The molecule has 0 aliphatic carbocycles. The van der Waals surface area contributed by atoms with Crippen LogP contribution in [0, 0.1) is 5.82 Å². The number of carbonyl (C=O) groups is 1. The van der Waals surface area contributed by atoms with E-state index in [0.717, 1.165) is 25.9 Å². The van der Waals surface area contributed by atoms with Crippen LogP contribution >= 0.6 is 24.0 Å². The van der Waals surface area contributed by atoms with Gasteiger partial charge in [-0.05, 0) is 37.1 Å². The number of nitrogens with two attached hydrogens (primary N) is 1. The minimum Gasteiger partial charge on any atom is -0.370 e. The summed E-state index contributed by atoms with van der Waals surface area (Å²) in [6.45, 7) is 1.77. The van der Waals surface area contributed by atoms with Crippen LogP contribution < -0.4 is 11.1 Å². The van der Waals surface area contributed by atoms with E-state index in [1.807, 2.05) is 4.90 Å². The standard InChI is InChI=1S/C15H21FN4O.HI/c16-12-5-7-13(8-6-12)19-14(21)11-18-15(17)20-9-3-1-2-4-10-20;/h5-8H,1-4,9-11H2,(H2,17,18)(H,19,21);1H. The van der Waals surface area contributed by atoms with Crippen LogP contribution in [0.4, 0.5) is 10.1 Å². The van der Waals surface area contributed by atoms with Crippen LogP contribution in [0.5, 0.6) is 0 Å². The van der Waals surface area contributed by atoms with Gasteiger partial charge in [0, 0.05) is 18.8 Å². The van der Waals surface area contributed by atoms with Gasteiger partial charge in [0.05, 0.1) is 0 Å². The molecule has 1 aliphatic heterocycles. The summed E-state index contributed by atoms with van der Waals surface area (Å²) in [6, 6.07) is 5.61. The first-order chi connectivity index (χ1) is 10.1. The number of benzene rings is 1. The molecule has 22 heavy (non-hydrogen) atoms. The first-order valence-corrected chi connectivity index (χ1v) is 7.25. The van der Waals surface area contributed by atoms with Crippen molar-refractivity contribution in [3.63, 3.8) is 0 Å². The van der Waals surface area contributed by atoms with Gasteiger partial charge in [-0.25, -0.2) is 9.38 Å². The first-order valence-electron chi connectivity index (χ1n) is 7.25. The van der Waals surface area contributed by atoms with E-state index >= 15 is 0 Å². The molecule has 0 radical (unpaired) electrons. The van der Waals surface area contributed by atoms with Crippen LogP contribution in [0.3, 0.4) is 0 Å². The molecule has 2 rings (SSSR count). The highest BCUT2D eigenvalue weighted by Gasteiger charge is 2.11. The van der Waals surface area contributed by atoms with E-state index in [0.29, 0.717) is 11.6 Å². The van der Waals surface area contributed by atoms with Gasteiger partial charge < -0.3 is 16.0 Å². The van der Waals surface area contributed by atoms with Gasteiger partial charge in [-0.3, -0.25) is 4.79 Å². The number of nitrogens with zero attached hydrogens (tertiary/aromatic N) is 2. The van der Waals surface area contributed by atoms with Crippen molar-refractivity contribution < 1.29 is 9.18 Å². The number of anilines is 1. The Hall–Kier alpha value is -1.38. The van der Waals surface area contributed by atoms with Crippen molar-refractivity contribution >= 4 is 41.5 Å². The average molecular weight is 420 g/mol.